The SMILES string of the molecule is O=C1CCC(C(=O)NC(Cc2cnc[nH]2)C(=O)NC(Cc2c[nH]c3ccccc23)C(=O)NC(CO)C(=O)O)N1. The first-order valence-corrected chi connectivity index (χ1v) is 12.3. The zero-order valence-corrected chi connectivity index (χ0v) is 20.8. The number of amides is 4. The number of hydrogen-bond acceptors (Lipinski definition) is 7. The van der Waals surface area contributed by atoms with Crippen LogP contribution in [0.25, 0.3) is 10.9 Å². The molecule has 14 heteroatoms. The fourth-order valence-corrected chi connectivity index (χ4v) is 4.37. The van der Waals surface area contributed by atoms with Gasteiger partial charge in [0.25, 0.3) is 0 Å². The lowest BCUT2D eigenvalue weighted by Gasteiger charge is -2.25. The summed E-state index contributed by atoms with van der Waals surface area (Å²) in [7, 11) is 0. The molecule has 4 rings (SSSR count). The molecular formula is C25H29N7O7. The maximum atomic E-state index is 13.5. The molecule has 3 heterocycles. The van der Waals surface area contributed by atoms with E-state index in [4.69, 9.17) is 0 Å². The highest BCUT2D eigenvalue weighted by atomic mass is 16.4. The van der Waals surface area contributed by atoms with Gasteiger partial charge in [-0.3, -0.25) is 19.2 Å². The van der Waals surface area contributed by atoms with E-state index < -0.39 is 54.5 Å². The van der Waals surface area contributed by atoms with E-state index in [1.165, 1.54) is 12.5 Å². The first-order valence-electron chi connectivity index (χ1n) is 12.3. The highest BCUT2D eigenvalue weighted by Crippen LogP contribution is 2.19. The number of imidazole rings is 1. The summed E-state index contributed by atoms with van der Waals surface area (Å²) in [6, 6.07) is 2.56. The molecule has 1 aromatic carbocycles. The third-order valence-corrected chi connectivity index (χ3v) is 6.45. The van der Waals surface area contributed by atoms with Gasteiger partial charge in [0, 0.05) is 48.3 Å². The molecule has 1 aliphatic heterocycles. The smallest absolute Gasteiger partial charge is 0.328 e. The van der Waals surface area contributed by atoms with Crippen LogP contribution in [0.15, 0.2) is 43.0 Å². The van der Waals surface area contributed by atoms with Crippen molar-refractivity contribution in [3.63, 3.8) is 0 Å². The maximum absolute atomic E-state index is 13.5. The number of nitrogens with zero attached hydrogens (tertiary/aromatic N) is 1. The molecule has 1 saturated heterocycles. The van der Waals surface area contributed by atoms with Crippen LogP contribution in [0.3, 0.4) is 0 Å². The number of H-pyrrole nitrogens is 2. The second-order valence-electron chi connectivity index (χ2n) is 9.21. The largest absolute Gasteiger partial charge is 0.480 e. The Morgan fingerprint density at radius 3 is 2.36 bits per heavy atom. The Kier molecular flexibility index (Phi) is 8.56. The van der Waals surface area contributed by atoms with E-state index in [0.717, 1.165) is 10.9 Å². The van der Waals surface area contributed by atoms with Gasteiger partial charge >= 0.3 is 5.97 Å². The number of rotatable bonds is 12. The third kappa shape index (κ3) is 6.78. The molecule has 0 bridgehead atoms. The van der Waals surface area contributed by atoms with E-state index in [1.54, 1.807) is 6.20 Å². The number of benzene rings is 1. The molecule has 0 spiro atoms. The van der Waals surface area contributed by atoms with E-state index in [-0.39, 0.29) is 31.6 Å². The van der Waals surface area contributed by atoms with Crippen LogP contribution in [0, 0.1) is 0 Å². The minimum absolute atomic E-state index is 0.00799. The molecule has 14 nitrogen and oxygen atoms in total. The Morgan fingerprint density at radius 2 is 1.72 bits per heavy atom. The molecular weight excluding hydrogens is 510 g/mol. The Bertz CT molecular complexity index is 1350. The van der Waals surface area contributed by atoms with Crippen molar-refractivity contribution in [1.29, 1.82) is 0 Å². The number of aromatic amines is 2. The predicted octanol–water partition coefficient (Wildman–Crippen LogP) is -1.51. The van der Waals surface area contributed by atoms with Gasteiger partial charge in [-0.2, -0.15) is 0 Å². The molecule has 4 amide bonds. The van der Waals surface area contributed by atoms with Gasteiger partial charge in [-0.15, -0.1) is 0 Å². The Balaban J connectivity index is 1.56. The molecule has 4 unspecified atom stereocenters. The quantitative estimate of drug-likeness (QED) is 0.135. The number of aliphatic carboxylic acids is 1. The standard InChI is InChI=1S/C25H29N7O7/c33-11-20(25(38)39)32-23(36)18(7-13-9-27-16-4-2-1-3-15(13)16)30-24(37)19(8-14-10-26-12-28-14)31-22(35)17-5-6-21(34)29-17/h1-4,9-10,12,17-20,27,33H,5-8,11H2,(H,26,28)(H,29,34)(H,30,37)(H,31,35)(H,32,36)(H,38,39). The summed E-state index contributed by atoms with van der Waals surface area (Å²) in [5.74, 6) is -3.80. The van der Waals surface area contributed by atoms with Crippen LogP contribution in [0.5, 0.6) is 0 Å². The number of nitrogens with one attached hydrogen (secondary N) is 6. The van der Waals surface area contributed by atoms with Crippen molar-refractivity contribution in [2.75, 3.05) is 6.61 Å². The molecule has 39 heavy (non-hydrogen) atoms. The van der Waals surface area contributed by atoms with E-state index in [0.29, 0.717) is 11.3 Å². The molecule has 1 fully saturated rings. The van der Waals surface area contributed by atoms with Crippen LogP contribution in [0.2, 0.25) is 0 Å². The minimum atomic E-state index is -1.58. The van der Waals surface area contributed by atoms with E-state index in [1.807, 2.05) is 24.3 Å². The van der Waals surface area contributed by atoms with Gasteiger partial charge in [-0.1, -0.05) is 18.2 Å². The van der Waals surface area contributed by atoms with Gasteiger partial charge in [-0.25, -0.2) is 9.78 Å². The highest BCUT2D eigenvalue weighted by Gasteiger charge is 2.33. The molecule has 206 valence electrons. The van der Waals surface area contributed by atoms with Gasteiger partial charge in [-0.05, 0) is 18.1 Å². The van der Waals surface area contributed by atoms with E-state index in [2.05, 4.69) is 36.2 Å². The second-order valence-corrected chi connectivity index (χ2v) is 9.21. The van der Waals surface area contributed by atoms with Crippen molar-refractivity contribution in [1.82, 2.24) is 36.2 Å². The molecule has 0 saturated carbocycles. The van der Waals surface area contributed by atoms with Crippen LogP contribution in [0.1, 0.15) is 24.1 Å². The van der Waals surface area contributed by atoms with Crippen LogP contribution in [-0.4, -0.2) is 85.5 Å². The summed E-state index contributed by atoms with van der Waals surface area (Å²) in [4.78, 5) is 72.3. The second kappa shape index (κ2) is 12.2. The van der Waals surface area contributed by atoms with Crippen LogP contribution in [-0.2, 0) is 36.8 Å². The zero-order valence-electron chi connectivity index (χ0n) is 20.8. The first kappa shape index (κ1) is 27.3. The molecule has 4 atom stereocenters. The van der Waals surface area contributed by atoms with E-state index >= 15 is 0 Å². The van der Waals surface area contributed by atoms with Crippen molar-refractivity contribution >= 4 is 40.5 Å². The average Bonchev–Trinajstić information content (AvgIpc) is 3.68. The van der Waals surface area contributed by atoms with Gasteiger partial charge in [0.1, 0.15) is 24.2 Å². The van der Waals surface area contributed by atoms with Crippen LogP contribution >= 0.6 is 0 Å². The van der Waals surface area contributed by atoms with Crippen molar-refractivity contribution in [3.8, 4) is 0 Å². The lowest BCUT2D eigenvalue weighted by atomic mass is 10.0. The Labute approximate surface area is 222 Å². The van der Waals surface area contributed by atoms with Crippen LogP contribution in [0.4, 0.5) is 0 Å². The number of carboxylic acids is 1. The molecule has 8 N–H and O–H groups in total. The third-order valence-electron chi connectivity index (χ3n) is 6.45. The molecule has 0 radical (unpaired) electrons. The Hall–Kier alpha value is -4.72. The van der Waals surface area contributed by atoms with E-state index in [9.17, 15) is 34.2 Å². The van der Waals surface area contributed by atoms with Crippen molar-refractivity contribution in [2.24, 2.45) is 0 Å². The summed E-state index contributed by atoms with van der Waals surface area (Å²) >= 11 is 0. The van der Waals surface area contributed by atoms with Gasteiger partial charge < -0.3 is 41.4 Å². The zero-order chi connectivity index (χ0) is 27.9. The number of carboxylic acid groups (broad SMARTS) is 1. The molecule has 3 aromatic rings. The summed E-state index contributed by atoms with van der Waals surface area (Å²) in [5.41, 5.74) is 2.03. The fourth-order valence-electron chi connectivity index (χ4n) is 4.37. The number of aliphatic hydroxyl groups is 1. The number of fused-ring (bicyclic) bond motifs is 1. The number of para-hydroxylation sites is 1. The van der Waals surface area contributed by atoms with Crippen molar-refractivity contribution in [2.45, 2.75) is 49.9 Å². The maximum Gasteiger partial charge on any atom is 0.328 e. The highest BCUT2D eigenvalue weighted by molar-refractivity contribution is 5.96. The number of hydrogen-bond donors (Lipinski definition) is 8. The fraction of sp³-hybridized carbons (Fsp3) is 0.360. The normalized spacial score (nSPS) is 17.2. The predicted molar refractivity (Wildman–Crippen MR) is 136 cm³/mol. The van der Waals surface area contributed by atoms with Crippen molar-refractivity contribution < 1.29 is 34.2 Å². The topological polar surface area (TPSA) is 218 Å². The molecule has 1 aliphatic rings. The number of aromatic nitrogens is 3. The Morgan fingerprint density at radius 1 is 1.00 bits per heavy atom. The summed E-state index contributed by atoms with van der Waals surface area (Å²) in [6.45, 7) is -0.847. The molecule has 2 aromatic heterocycles. The number of carbonyl (C=O) groups is 5. The van der Waals surface area contributed by atoms with Gasteiger partial charge in [0.15, 0.2) is 0 Å². The average molecular weight is 540 g/mol. The summed E-state index contributed by atoms with van der Waals surface area (Å²) in [5, 5.41) is 29.5. The number of aliphatic hydroxyl groups excluding tert-OH is 1. The van der Waals surface area contributed by atoms with Crippen molar-refractivity contribution in [3.05, 3.63) is 54.2 Å². The minimum Gasteiger partial charge on any atom is -0.480 e. The summed E-state index contributed by atoms with van der Waals surface area (Å²) < 4.78 is 0. The van der Waals surface area contributed by atoms with Gasteiger partial charge in [0.2, 0.25) is 23.6 Å². The van der Waals surface area contributed by atoms with Crippen LogP contribution < -0.4 is 21.3 Å². The lowest BCUT2D eigenvalue weighted by Crippen LogP contribution is -2.58. The monoisotopic (exact) mass is 539 g/mol. The molecule has 0 aliphatic carbocycles. The summed E-state index contributed by atoms with van der Waals surface area (Å²) in [6.07, 6.45) is 5.06. The van der Waals surface area contributed by atoms with Gasteiger partial charge in [0.05, 0.1) is 12.9 Å². The lowest BCUT2D eigenvalue weighted by molar-refractivity contribution is -0.143. The number of carbonyl (C=O) groups excluding carboxylic acids is 4. The first-order chi connectivity index (χ1) is 18.7.